The Kier molecular flexibility index (Phi) is 9.35. The van der Waals surface area contributed by atoms with Gasteiger partial charge in [-0.25, -0.2) is 8.42 Å². The van der Waals surface area contributed by atoms with Crippen molar-refractivity contribution in [2.45, 2.75) is 57.2 Å². The van der Waals surface area contributed by atoms with Gasteiger partial charge in [0.15, 0.2) is 11.5 Å². The molecule has 0 unspecified atom stereocenters. The number of amides is 1. The zero-order valence-electron chi connectivity index (χ0n) is 21.3. The lowest BCUT2D eigenvalue weighted by atomic mass is 9.99. The number of nitrogens with two attached hydrogens (primary N) is 1. The van der Waals surface area contributed by atoms with Gasteiger partial charge >= 0.3 is 0 Å². The molecule has 1 heterocycles. The molecule has 0 fully saturated rings. The van der Waals surface area contributed by atoms with Crippen molar-refractivity contribution in [1.29, 1.82) is 0 Å². The third-order valence-electron chi connectivity index (χ3n) is 6.05. The van der Waals surface area contributed by atoms with Crippen LogP contribution in [0.5, 0.6) is 11.5 Å². The molecule has 9 nitrogen and oxygen atoms in total. The summed E-state index contributed by atoms with van der Waals surface area (Å²) >= 11 is 0. The van der Waals surface area contributed by atoms with Gasteiger partial charge in [0, 0.05) is 19.2 Å². The fourth-order valence-corrected chi connectivity index (χ4v) is 5.57. The van der Waals surface area contributed by atoms with Crippen LogP contribution in [0.3, 0.4) is 0 Å². The lowest BCUT2D eigenvalue weighted by molar-refractivity contribution is -0.124. The molecule has 0 aromatic heterocycles. The fourth-order valence-electron chi connectivity index (χ4n) is 3.93. The van der Waals surface area contributed by atoms with E-state index in [9.17, 15) is 18.3 Å². The predicted octanol–water partition coefficient (Wildman–Crippen LogP) is 2.13. The predicted molar refractivity (Wildman–Crippen MR) is 137 cm³/mol. The number of hydrogen-bond acceptors (Lipinski definition) is 7. The first-order valence-electron chi connectivity index (χ1n) is 12.2. The van der Waals surface area contributed by atoms with Crippen LogP contribution in [0.25, 0.3) is 0 Å². The number of aliphatic hydroxyl groups excluding tert-OH is 1. The van der Waals surface area contributed by atoms with Crippen LogP contribution in [0.4, 0.5) is 0 Å². The average Bonchev–Trinajstić information content (AvgIpc) is 3.31. The van der Waals surface area contributed by atoms with E-state index in [2.05, 4.69) is 5.32 Å². The van der Waals surface area contributed by atoms with Crippen molar-refractivity contribution in [3.63, 3.8) is 0 Å². The number of carbonyl (C=O) groups excluding carboxylic acids is 1. The molecule has 0 saturated heterocycles. The topological polar surface area (TPSA) is 131 Å². The van der Waals surface area contributed by atoms with Gasteiger partial charge in [-0.15, -0.1) is 0 Å². The van der Waals surface area contributed by atoms with Crippen LogP contribution in [-0.2, 0) is 21.2 Å². The summed E-state index contributed by atoms with van der Waals surface area (Å²) in [7, 11) is -3.98. The summed E-state index contributed by atoms with van der Waals surface area (Å²) in [5, 5.41) is 14.1. The molecule has 3 atom stereocenters. The second kappa shape index (κ2) is 12.1. The summed E-state index contributed by atoms with van der Waals surface area (Å²) < 4.78 is 39.1. The maximum absolute atomic E-state index is 13.6. The molecule has 0 radical (unpaired) electrons. The molecule has 3 rings (SSSR count). The highest BCUT2D eigenvalue weighted by molar-refractivity contribution is 7.89. The van der Waals surface area contributed by atoms with E-state index >= 15 is 0 Å². The molecule has 198 valence electrons. The second-order valence-corrected chi connectivity index (χ2v) is 11.8. The highest BCUT2D eigenvalue weighted by Crippen LogP contribution is 2.34. The first-order valence-corrected chi connectivity index (χ1v) is 13.6. The molecule has 0 bridgehead atoms. The molecule has 10 heteroatoms. The zero-order valence-corrected chi connectivity index (χ0v) is 22.1. The van der Waals surface area contributed by atoms with Gasteiger partial charge in [0.2, 0.25) is 22.7 Å². The number of sulfonamides is 1. The summed E-state index contributed by atoms with van der Waals surface area (Å²) in [6, 6.07) is 12.4. The van der Waals surface area contributed by atoms with E-state index < -0.39 is 28.2 Å². The van der Waals surface area contributed by atoms with Crippen LogP contribution in [0.1, 0.15) is 33.3 Å². The average molecular weight is 520 g/mol. The SMILES string of the molecule is CC(C)CN(C[C@@H](O)[C@H](Cc1ccccc1)NC(=O)[C@@H](N)C(C)C)S(=O)(=O)c1ccc2c(c1)OCO2. The minimum atomic E-state index is -3.98. The normalized spacial score (nSPS) is 15.8. The zero-order chi connectivity index (χ0) is 26.5. The smallest absolute Gasteiger partial charge is 0.243 e. The summed E-state index contributed by atoms with van der Waals surface area (Å²) in [5.41, 5.74) is 6.93. The maximum atomic E-state index is 13.6. The van der Waals surface area contributed by atoms with Gasteiger partial charge in [0.05, 0.1) is 23.1 Å². The molecule has 0 aliphatic carbocycles. The Morgan fingerprint density at radius 3 is 2.36 bits per heavy atom. The number of aliphatic hydroxyl groups is 1. The van der Waals surface area contributed by atoms with Gasteiger partial charge in [-0.05, 0) is 36.0 Å². The fraction of sp³-hybridized carbons (Fsp3) is 0.500. The van der Waals surface area contributed by atoms with Crippen LogP contribution in [0.2, 0.25) is 0 Å². The Bertz CT molecular complexity index is 1120. The number of hydrogen-bond donors (Lipinski definition) is 3. The minimum absolute atomic E-state index is 0.00230. The number of benzene rings is 2. The number of fused-ring (bicyclic) bond motifs is 1. The van der Waals surface area contributed by atoms with Gasteiger partial charge in [0.25, 0.3) is 0 Å². The molecule has 2 aromatic carbocycles. The van der Waals surface area contributed by atoms with Crippen molar-refractivity contribution < 1.29 is 27.8 Å². The second-order valence-electron chi connectivity index (χ2n) is 9.87. The van der Waals surface area contributed by atoms with Gasteiger partial charge in [-0.3, -0.25) is 4.79 Å². The third kappa shape index (κ3) is 6.97. The largest absolute Gasteiger partial charge is 0.454 e. The Morgan fingerprint density at radius 1 is 1.06 bits per heavy atom. The first kappa shape index (κ1) is 27.9. The molecular formula is C26H37N3O6S. The summed E-state index contributed by atoms with van der Waals surface area (Å²) in [4.78, 5) is 12.8. The molecule has 0 saturated carbocycles. The molecule has 0 spiro atoms. The van der Waals surface area contributed by atoms with E-state index in [0.717, 1.165) is 5.56 Å². The van der Waals surface area contributed by atoms with E-state index in [1.807, 2.05) is 58.0 Å². The molecule has 4 N–H and O–H groups in total. The Morgan fingerprint density at radius 2 is 1.72 bits per heavy atom. The number of nitrogens with zero attached hydrogens (tertiary/aromatic N) is 1. The van der Waals surface area contributed by atoms with Crippen molar-refractivity contribution in [3.8, 4) is 11.5 Å². The summed E-state index contributed by atoms with van der Waals surface area (Å²) in [5.74, 6) is 0.356. The maximum Gasteiger partial charge on any atom is 0.243 e. The monoisotopic (exact) mass is 519 g/mol. The minimum Gasteiger partial charge on any atom is -0.454 e. The van der Waals surface area contributed by atoms with E-state index in [-0.39, 0.29) is 42.5 Å². The summed E-state index contributed by atoms with van der Waals surface area (Å²) in [6.45, 7) is 7.50. The molecule has 1 aliphatic rings. The lowest BCUT2D eigenvalue weighted by Gasteiger charge is -2.31. The number of ether oxygens (including phenoxy) is 2. The van der Waals surface area contributed by atoms with Crippen LogP contribution in [0, 0.1) is 11.8 Å². The van der Waals surface area contributed by atoms with E-state index in [0.29, 0.717) is 17.9 Å². The van der Waals surface area contributed by atoms with Crippen LogP contribution in [-0.4, -0.2) is 61.8 Å². The highest BCUT2D eigenvalue weighted by atomic mass is 32.2. The molecule has 36 heavy (non-hydrogen) atoms. The number of carbonyl (C=O) groups is 1. The third-order valence-corrected chi connectivity index (χ3v) is 7.88. The highest BCUT2D eigenvalue weighted by Gasteiger charge is 2.33. The van der Waals surface area contributed by atoms with Gasteiger partial charge in [0.1, 0.15) is 0 Å². The number of rotatable bonds is 12. The van der Waals surface area contributed by atoms with E-state index in [1.165, 1.54) is 16.4 Å². The van der Waals surface area contributed by atoms with Crippen LogP contribution in [0.15, 0.2) is 53.4 Å². The summed E-state index contributed by atoms with van der Waals surface area (Å²) in [6.07, 6.45) is -0.867. The standard InChI is InChI=1S/C26H37N3O6S/c1-17(2)14-29(36(32,33)20-10-11-23-24(13-20)35-16-34-23)15-22(30)21(12-19-8-6-5-7-9-19)28-26(31)25(27)18(3)4/h5-11,13,17-18,21-22,25,30H,12,14-16,27H2,1-4H3,(H,28,31)/t21-,22+,25-/m0/s1. The van der Waals surface area contributed by atoms with Crippen molar-refractivity contribution >= 4 is 15.9 Å². The van der Waals surface area contributed by atoms with E-state index in [4.69, 9.17) is 15.2 Å². The Labute approximate surface area is 213 Å². The van der Waals surface area contributed by atoms with Crippen molar-refractivity contribution in [2.24, 2.45) is 17.6 Å². The molecular weight excluding hydrogens is 482 g/mol. The number of nitrogens with one attached hydrogen (secondary N) is 1. The van der Waals surface area contributed by atoms with Crippen LogP contribution < -0.4 is 20.5 Å². The quantitative estimate of drug-likeness (QED) is 0.391. The Balaban J connectivity index is 1.87. The van der Waals surface area contributed by atoms with Gasteiger partial charge in [-0.2, -0.15) is 4.31 Å². The van der Waals surface area contributed by atoms with Gasteiger partial charge < -0.3 is 25.6 Å². The first-order chi connectivity index (χ1) is 17.0. The Hall–Kier alpha value is -2.66. The molecule has 1 amide bonds. The van der Waals surface area contributed by atoms with Gasteiger partial charge in [-0.1, -0.05) is 58.0 Å². The van der Waals surface area contributed by atoms with E-state index in [1.54, 1.807) is 6.07 Å². The van der Waals surface area contributed by atoms with Crippen molar-refractivity contribution in [3.05, 3.63) is 54.1 Å². The lowest BCUT2D eigenvalue weighted by Crippen LogP contribution is -2.55. The van der Waals surface area contributed by atoms with Crippen LogP contribution >= 0.6 is 0 Å². The van der Waals surface area contributed by atoms with Crippen molar-refractivity contribution in [1.82, 2.24) is 9.62 Å². The molecule has 1 aliphatic heterocycles. The van der Waals surface area contributed by atoms with Crippen molar-refractivity contribution in [2.75, 3.05) is 19.9 Å². The molecule has 2 aromatic rings.